The monoisotopic (exact) mass is 278 g/mol. The molecule has 1 aromatic heterocycles. The lowest BCUT2D eigenvalue weighted by atomic mass is 10.2. The standard InChI is InChI=1S/C15H22N2O3/c1-11-4-7-14(20-11)10-17(12-5-6-12)15(18)16-9-13-3-2-8-19-13/h4,7,12-13H,2-3,5-6,8-10H2,1H3,(H,16,18)/t13-/m1/s1. The first-order valence-electron chi connectivity index (χ1n) is 7.44. The highest BCUT2D eigenvalue weighted by atomic mass is 16.5. The Morgan fingerprint density at radius 2 is 2.25 bits per heavy atom. The van der Waals surface area contributed by atoms with Gasteiger partial charge in [0.05, 0.1) is 12.6 Å². The molecule has 0 unspecified atom stereocenters. The summed E-state index contributed by atoms with van der Waals surface area (Å²) in [4.78, 5) is 14.2. The summed E-state index contributed by atoms with van der Waals surface area (Å²) < 4.78 is 11.1. The summed E-state index contributed by atoms with van der Waals surface area (Å²) in [7, 11) is 0. The number of carbonyl (C=O) groups excluding carboxylic acids is 1. The van der Waals surface area contributed by atoms with Crippen LogP contribution >= 0.6 is 0 Å². The number of aryl methyl sites for hydroxylation is 1. The first-order valence-corrected chi connectivity index (χ1v) is 7.44. The Labute approximate surface area is 119 Å². The van der Waals surface area contributed by atoms with Crippen LogP contribution in [0.2, 0.25) is 0 Å². The molecule has 5 heteroatoms. The molecular formula is C15H22N2O3. The van der Waals surface area contributed by atoms with Crippen molar-refractivity contribution in [3.63, 3.8) is 0 Å². The van der Waals surface area contributed by atoms with Crippen LogP contribution < -0.4 is 5.32 Å². The fraction of sp³-hybridized carbons (Fsp3) is 0.667. The minimum absolute atomic E-state index is 0.00273. The number of hydrogen-bond donors (Lipinski definition) is 1. The van der Waals surface area contributed by atoms with Crippen LogP contribution in [0.15, 0.2) is 16.5 Å². The van der Waals surface area contributed by atoms with Crippen LogP contribution in [0.4, 0.5) is 4.79 Å². The molecule has 0 aromatic carbocycles. The molecule has 2 aliphatic rings. The summed E-state index contributed by atoms with van der Waals surface area (Å²) in [5, 5.41) is 2.99. The molecule has 2 heterocycles. The lowest BCUT2D eigenvalue weighted by molar-refractivity contribution is 0.108. The van der Waals surface area contributed by atoms with E-state index in [9.17, 15) is 4.79 Å². The van der Waals surface area contributed by atoms with E-state index in [-0.39, 0.29) is 12.1 Å². The molecule has 1 aliphatic carbocycles. The van der Waals surface area contributed by atoms with Gasteiger partial charge in [-0.15, -0.1) is 0 Å². The second kappa shape index (κ2) is 5.87. The lowest BCUT2D eigenvalue weighted by Crippen LogP contribution is -2.43. The fourth-order valence-electron chi connectivity index (χ4n) is 2.60. The second-order valence-corrected chi connectivity index (χ2v) is 5.69. The number of furan rings is 1. The Hall–Kier alpha value is -1.49. The van der Waals surface area contributed by atoms with E-state index in [1.165, 1.54) is 0 Å². The number of nitrogens with one attached hydrogen (secondary N) is 1. The average Bonchev–Trinajstić information content (AvgIpc) is 2.97. The van der Waals surface area contributed by atoms with Crippen LogP contribution in [0.3, 0.4) is 0 Å². The van der Waals surface area contributed by atoms with Gasteiger partial charge in [-0.3, -0.25) is 0 Å². The summed E-state index contributed by atoms with van der Waals surface area (Å²) in [6.45, 7) is 3.90. The van der Waals surface area contributed by atoms with E-state index in [2.05, 4.69) is 5.32 Å². The van der Waals surface area contributed by atoms with Gasteiger partial charge in [-0.2, -0.15) is 0 Å². The maximum Gasteiger partial charge on any atom is 0.318 e. The SMILES string of the molecule is Cc1ccc(CN(C(=O)NC[C@H]2CCCO2)C2CC2)o1. The minimum atomic E-state index is -0.00273. The Morgan fingerprint density at radius 1 is 1.40 bits per heavy atom. The lowest BCUT2D eigenvalue weighted by Gasteiger charge is -2.22. The topological polar surface area (TPSA) is 54.7 Å². The smallest absolute Gasteiger partial charge is 0.318 e. The molecule has 110 valence electrons. The second-order valence-electron chi connectivity index (χ2n) is 5.69. The van der Waals surface area contributed by atoms with Gasteiger partial charge in [0.15, 0.2) is 0 Å². The molecule has 1 saturated heterocycles. The van der Waals surface area contributed by atoms with Gasteiger partial charge >= 0.3 is 6.03 Å². The van der Waals surface area contributed by atoms with Crippen molar-refractivity contribution in [2.45, 2.75) is 51.3 Å². The maximum atomic E-state index is 12.3. The van der Waals surface area contributed by atoms with Crippen molar-refractivity contribution < 1.29 is 13.9 Å². The van der Waals surface area contributed by atoms with Crippen LogP contribution in [0.5, 0.6) is 0 Å². The van der Waals surface area contributed by atoms with E-state index >= 15 is 0 Å². The number of carbonyl (C=O) groups is 1. The van der Waals surface area contributed by atoms with Crippen molar-refractivity contribution in [2.24, 2.45) is 0 Å². The molecule has 1 saturated carbocycles. The number of amides is 2. The fourth-order valence-corrected chi connectivity index (χ4v) is 2.60. The summed E-state index contributed by atoms with van der Waals surface area (Å²) in [5.41, 5.74) is 0. The van der Waals surface area contributed by atoms with Gasteiger partial charge in [0, 0.05) is 19.2 Å². The van der Waals surface area contributed by atoms with Gasteiger partial charge in [-0.1, -0.05) is 0 Å². The summed E-state index contributed by atoms with van der Waals surface area (Å²) in [6.07, 6.45) is 4.51. The molecule has 20 heavy (non-hydrogen) atoms. The summed E-state index contributed by atoms with van der Waals surface area (Å²) >= 11 is 0. The number of nitrogens with zero attached hydrogens (tertiary/aromatic N) is 1. The summed E-state index contributed by atoms with van der Waals surface area (Å²) in [6, 6.07) is 4.24. The highest BCUT2D eigenvalue weighted by Crippen LogP contribution is 2.28. The van der Waals surface area contributed by atoms with Crippen molar-refractivity contribution in [1.82, 2.24) is 10.2 Å². The summed E-state index contributed by atoms with van der Waals surface area (Å²) in [5.74, 6) is 1.73. The molecule has 0 radical (unpaired) electrons. The number of ether oxygens (including phenoxy) is 1. The van der Waals surface area contributed by atoms with Crippen molar-refractivity contribution in [1.29, 1.82) is 0 Å². The predicted molar refractivity (Wildman–Crippen MR) is 74.4 cm³/mol. The Kier molecular flexibility index (Phi) is 3.96. The molecule has 0 bridgehead atoms. The van der Waals surface area contributed by atoms with E-state index in [0.29, 0.717) is 19.1 Å². The van der Waals surface area contributed by atoms with Crippen molar-refractivity contribution in [2.75, 3.05) is 13.2 Å². The zero-order valence-corrected chi connectivity index (χ0v) is 11.9. The third-order valence-corrected chi connectivity index (χ3v) is 3.88. The van der Waals surface area contributed by atoms with Crippen molar-refractivity contribution in [3.05, 3.63) is 23.7 Å². The van der Waals surface area contributed by atoms with E-state index in [1.807, 2.05) is 24.0 Å². The highest BCUT2D eigenvalue weighted by Gasteiger charge is 2.33. The quantitative estimate of drug-likeness (QED) is 0.900. The Bertz CT molecular complexity index is 461. The van der Waals surface area contributed by atoms with E-state index in [4.69, 9.17) is 9.15 Å². The normalized spacial score (nSPS) is 21.9. The van der Waals surface area contributed by atoms with Crippen LogP contribution in [-0.2, 0) is 11.3 Å². The third-order valence-electron chi connectivity index (χ3n) is 3.88. The largest absolute Gasteiger partial charge is 0.464 e. The first-order chi connectivity index (χ1) is 9.72. The van der Waals surface area contributed by atoms with Gasteiger partial charge in [0.1, 0.15) is 11.5 Å². The van der Waals surface area contributed by atoms with Gasteiger partial charge in [0.2, 0.25) is 0 Å². The van der Waals surface area contributed by atoms with Gasteiger partial charge in [-0.25, -0.2) is 4.79 Å². The van der Waals surface area contributed by atoms with Crippen molar-refractivity contribution in [3.8, 4) is 0 Å². The number of hydrogen-bond acceptors (Lipinski definition) is 3. The molecule has 5 nitrogen and oxygen atoms in total. The number of urea groups is 1. The van der Waals surface area contributed by atoms with Crippen LogP contribution in [0.25, 0.3) is 0 Å². The Balaban J connectivity index is 1.54. The van der Waals surface area contributed by atoms with Crippen LogP contribution in [0, 0.1) is 6.92 Å². The van der Waals surface area contributed by atoms with Gasteiger partial charge in [-0.05, 0) is 44.7 Å². The number of rotatable bonds is 5. The third kappa shape index (κ3) is 3.33. The molecule has 1 N–H and O–H groups in total. The van der Waals surface area contributed by atoms with Gasteiger partial charge in [0.25, 0.3) is 0 Å². The molecule has 1 atom stereocenters. The zero-order chi connectivity index (χ0) is 13.9. The Morgan fingerprint density at radius 3 is 2.85 bits per heavy atom. The zero-order valence-electron chi connectivity index (χ0n) is 11.9. The van der Waals surface area contributed by atoms with E-state index in [0.717, 1.165) is 43.8 Å². The van der Waals surface area contributed by atoms with Crippen molar-refractivity contribution >= 4 is 6.03 Å². The predicted octanol–water partition coefficient (Wildman–Crippen LogP) is 2.44. The molecule has 0 spiro atoms. The molecule has 1 aromatic rings. The average molecular weight is 278 g/mol. The maximum absolute atomic E-state index is 12.3. The van der Waals surface area contributed by atoms with Crippen LogP contribution in [-0.4, -0.2) is 36.2 Å². The molecule has 1 aliphatic heterocycles. The molecule has 2 fully saturated rings. The molecule has 3 rings (SSSR count). The highest BCUT2D eigenvalue weighted by molar-refractivity contribution is 5.74. The van der Waals surface area contributed by atoms with Gasteiger partial charge < -0.3 is 19.4 Å². The molecular weight excluding hydrogens is 256 g/mol. The minimum Gasteiger partial charge on any atom is -0.464 e. The van der Waals surface area contributed by atoms with E-state index < -0.39 is 0 Å². The molecule has 2 amide bonds. The van der Waals surface area contributed by atoms with E-state index in [1.54, 1.807) is 0 Å². The van der Waals surface area contributed by atoms with Crippen LogP contribution in [0.1, 0.15) is 37.2 Å². The first kappa shape index (κ1) is 13.5.